The minimum atomic E-state index is -1.03. The van der Waals surface area contributed by atoms with Gasteiger partial charge in [-0.05, 0) is 42.7 Å². The van der Waals surface area contributed by atoms with Crippen molar-refractivity contribution in [1.29, 1.82) is 0 Å². The molecule has 0 saturated heterocycles. The van der Waals surface area contributed by atoms with Crippen LogP contribution in [0, 0.1) is 17.5 Å². The SMILES string of the molecule is Fc1ccc(Oc2ccc(CNC3CC3)cc2F)cc1F. The summed E-state index contributed by atoms with van der Waals surface area (Å²) in [5, 5.41) is 3.28. The molecule has 0 amide bonds. The van der Waals surface area contributed by atoms with E-state index in [1.54, 1.807) is 6.07 Å². The first-order valence-electron chi connectivity index (χ1n) is 6.76. The molecule has 2 nitrogen and oxygen atoms in total. The quantitative estimate of drug-likeness (QED) is 0.894. The third kappa shape index (κ3) is 3.55. The van der Waals surface area contributed by atoms with Crippen LogP contribution in [0.5, 0.6) is 11.5 Å². The van der Waals surface area contributed by atoms with E-state index in [1.807, 2.05) is 0 Å². The lowest BCUT2D eigenvalue weighted by Crippen LogP contribution is -2.15. The first-order chi connectivity index (χ1) is 10.1. The number of ether oxygens (including phenoxy) is 1. The van der Waals surface area contributed by atoms with Crippen LogP contribution in [-0.2, 0) is 6.54 Å². The average molecular weight is 293 g/mol. The van der Waals surface area contributed by atoms with Gasteiger partial charge in [-0.25, -0.2) is 13.2 Å². The summed E-state index contributed by atoms with van der Waals surface area (Å²) in [5.74, 6) is -2.50. The van der Waals surface area contributed by atoms with Crippen molar-refractivity contribution in [3.8, 4) is 11.5 Å². The summed E-state index contributed by atoms with van der Waals surface area (Å²) in [6.07, 6.45) is 2.33. The molecule has 0 unspecified atom stereocenters. The molecule has 0 bridgehead atoms. The zero-order valence-corrected chi connectivity index (χ0v) is 11.2. The standard InChI is InChI=1S/C16H14F3NO/c17-13-5-4-12(8-14(13)18)21-16-6-1-10(7-15(16)19)9-20-11-2-3-11/h1,4-8,11,20H,2-3,9H2. The summed E-state index contributed by atoms with van der Waals surface area (Å²) in [6.45, 7) is 0.604. The smallest absolute Gasteiger partial charge is 0.166 e. The second kappa shape index (κ2) is 5.77. The van der Waals surface area contributed by atoms with E-state index in [4.69, 9.17) is 4.74 Å². The first-order valence-corrected chi connectivity index (χ1v) is 6.76. The molecule has 1 saturated carbocycles. The van der Waals surface area contributed by atoms with Gasteiger partial charge in [-0.15, -0.1) is 0 Å². The molecule has 0 aromatic heterocycles. The fourth-order valence-corrected chi connectivity index (χ4v) is 1.95. The Kier molecular flexibility index (Phi) is 3.84. The highest BCUT2D eigenvalue weighted by molar-refractivity contribution is 5.35. The number of rotatable bonds is 5. The predicted octanol–water partition coefficient (Wildman–Crippen LogP) is 4.15. The Morgan fingerprint density at radius 3 is 2.43 bits per heavy atom. The average Bonchev–Trinajstić information content (AvgIpc) is 3.27. The second-order valence-corrected chi connectivity index (χ2v) is 5.10. The largest absolute Gasteiger partial charge is 0.454 e. The van der Waals surface area contributed by atoms with Crippen LogP contribution >= 0.6 is 0 Å². The highest BCUT2D eigenvalue weighted by Gasteiger charge is 2.20. The molecule has 0 radical (unpaired) electrons. The van der Waals surface area contributed by atoms with E-state index < -0.39 is 17.5 Å². The van der Waals surface area contributed by atoms with Gasteiger partial charge in [0.2, 0.25) is 0 Å². The summed E-state index contributed by atoms with van der Waals surface area (Å²) >= 11 is 0. The van der Waals surface area contributed by atoms with Crippen LogP contribution in [-0.4, -0.2) is 6.04 Å². The molecule has 0 heterocycles. The van der Waals surface area contributed by atoms with Crippen LogP contribution in [0.1, 0.15) is 18.4 Å². The molecule has 3 rings (SSSR count). The van der Waals surface area contributed by atoms with E-state index in [1.165, 1.54) is 31.0 Å². The fourth-order valence-electron chi connectivity index (χ4n) is 1.95. The van der Waals surface area contributed by atoms with Gasteiger partial charge >= 0.3 is 0 Å². The molecule has 1 aliphatic rings. The van der Waals surface area contributed by atoms with Gasteiger partial charge in [-0.3, -0.25) is 0 Å². The molecule has 0 atom stereocenters. The maximum Gasteiger partial charge on any atom is 0.166 e. The van der Waals surface area contributed by atoms with Crippen LogP contribution in [0.15, 0.2) is 36.4 Å². The van der Waals surface area contributed by atoms with Gasteiger partial charge in [-0.2, -0.15) is 0 Å². The number of nitrogens with one attached hydrogen (secondary N) is 1. The monoisotopic (exact) mass is 293 g/mol. The summed E-state index contributed by atoms with van der Waals surface area (Å²) in [5.41, 5.74) is 0.817. The molecule has 110 valence electrons. The lowest BCUT2D eigenvalue weighted by atomic mass is 10.2. The van der Waals surface area contributed by atoms with E-state index >= 15 is 0 Å². The third-order valence-corrected chi connectivity index (χ3v) is 3.29. The maximum absolute atomic E-state index is 13.9. The summed E-state index contributed by atoms with van der Waals surface area (Å²) in [6, 6.07) is 8.23. The molecule has 1 fully saturated rings. The molecule has 2 aromatic carbocycles. The molecular weight excluding hydrogens is 279 g/mol. The molecule has 0 spiro atoms. The zero-order valence-electron chi connectivity index (χ0n) is 11.2. The van der Waals surface area contributed by atoms with E-state index in [2.05, 4.69) is 5.32 Å². The highest BCUT2D eigenvalue weighted by atomic mass is 19.2. The van der Waals surface area contributed by atoms with Crippen molar-refractivity contribution in [3.63, 3.8) is 0 Å². The van der Waals surface area contributed by atoms with Gasteiger partial charge in [0.05, 0.1) is 0 Å². The Labute approximate surface area is 120 Å². The van der Waals surface area contributed by atoms with Gasteiger partial charge in [-0.1, -0.05) is 6.07 Å². The van der Waals surface area contributed by atoms with Crippen LogP contribution in [0.3, 0.4) is 0 Å². The fraction of sp³-hybridized carbons (Fsp3) is 0.250. The van der Waals surface area contributed by atoms with Crippen LogP contribution < -0.4 is 10.1 Å². The predicted molar refractivity (Wildman–Crippen MR) is 72.7 cm³/mol. The van der Waals surface area contributed by atoms with Gasteiger partial charge in [0.15, 0.2) is 23.2 Å². The van der Waals surface area contributed by atoms with Gasteiger partial charge in [0.1, 0.15) is 5.75 Å². The minimum Gasteiger partial charge on any atom is -0.454 e. The summed E-state index contributed by atoms with van der Waals surface area (Å²) in [4.78, 5) is 0. The molecule has 2 aromatic rings. The Morgan fingerprint density at radius 1 is 0.952 bits per heavy atom. The second-order valence-electron chi connectivity index (χ2n) is 5.10. The van der Waals surface area contributed by atoms with Crippen molar-refractivity contribution in [2.24, 2.45) is 0 Å². The first kappa shape index (κ1) is 13.9. The summed E-state index contributed by atoms with van der Waals surface area (Å²) in [7, 11) is 0. The Hall–Kier alpha value is -2.01. The normalized spacial score (nSPS) is 14.2. The number of benzene rings is 2. The van der Waals surface area contributed by atoms with E-state index in [-0.39, 0.29) is 11.5 Å². The number of halogens is 3. The molecule has 21 heavy (non-hydrogen) atoms. The van der Waals surface area contributed by atoms with Crippen molar-refractivity contribution in [2.45, 2.75) is 25.4 Å². The lowest BCUT2D eigenvalue weighted by molar-refractivity contribution is 0.431. The lowest BCUT2D eigenvalue weighted by Gasteiger charge is -2.09. The van der Waals surface area contributed by atoms with Gasteiger partial charge < -0.3 is 10.1 Å². The van der Waals surface area contributed by atoms with Crippen LogP contribution in [0.2, 0.25) is 0 Å². The molecule has 5 heteroatoms. The van der Waals surface area contributed by atoms with Gasteiger partial charge in [0.25, 0.3) is 0 Å². The topological polar surface area (TPSA) is 21.3 Å². The highest BCUT2D eigenvalue weighted by Crippen LogP contribution is 2.27. The summed E-state index contributed by atoms with van der Waals surface area (Å²) < 4.78 is 45.1. The molecule has 1 N–H and O–H groups in total. The number of hydrogen-bond donors (Lipinski definition) is 1. The van der Waals surface area contributed by atoms with Gasteiger partial charge in [0, 0.05) is 18.7 Å². The number of hydrogen-bond acceptors (Lipinski definition) is 2. The van der Waals surface area contributed by atoms with Crippen molar-refractivity contribution in [2.75, 3.05) is 0 Å². The van der Waals surface area contributed by atoms with E-state index in [0.29, 0.717) is 12.6 Å². The van der Waals surface area contributed by atoms with E-state index in [9.17, 15) is 13.2 Å². The maximum atomic E-state index is 13.9. The van der Waals surface area contributed by atoms with Crippen LogP contribution in [0.4, 0.5) is 13.2 Å². The minimum absolute atomic E-state index is 0.0174. The molecular formula is C16H14F3NO. The van der Waals surface area contributed by atoms with Crippen molar-refractivity contribution in [1.82, 2.24) is 5.32 Å². The Bertz CT molecular complexity index is 656. The van der Waals surface area contributed by atoms with Crippen molar-refractivity contribution >= 4 is 0 Å². The van der Waals surface area contributed by atoms with Crippen molar-refractivity contribution in [3.05, 3.63) is 59.4 Å². The molecule has 1 aliphatic carbocycles. The van der Waals surface area contributed by atoms with Crippen molar-refractivity contribution < 1.29 is 17.9 Å². The third-order valence-electron chi connectivity index (χ3n) is 3.29. The van der Waals surface area contributed by atoms with Crippen LogP contribution in [0.25, 0.3) is 0 Å². The zero-order chi connectivity index (χ0) is 14.8. The molecule has 0 aliphatic heterocycles. The Morgan fingerprint density at radius 2 is 1.76 bits per heavy atom. The van der Waals surface area contributed by atoms with E-state index in [0.717, 1.165) is 17.7 Å². The Balaban J connectivity index is 1.70.